The molecule has 0 spiro atoms. The van der Waals surface area contributed by atoms with Crippen LogP contribution >= 0.6 is 0 Å². The number of fused-ring (bicyclic) bond motifs is 1. The molecule has 186 valence electrons. The first-order chi connectivity index (χ1) is 15.9. The van der Waals surface area contributed by atoms with Crippen LogP contribution in [0.4, 0.5) is 0 Å². The lowest BCUT2D eigenvalue weighted by Gasteiger charge is -2.40. The zero-order valence-electron chi connectivity index (χ0n) is 21.1. The van der Waals surface area contributed by atoms with Gasteiger partial charge < -0.3 is 20.1 Å². The number of nitrogens with zero attached hydrogens (tertiary/aromatic N) is 4. The summed E-state index contributed by atoms with van der Waals surface area (Å²) in [4.78, 5) is 17.1. The molecule has 0 unspecified atom stereocenters. The predicted octanol–water partition coefficient (Wildman–Crippen LogP) is 2.52. The Balaban J connectivity index is 1.88. The third kappa shape index (κ3) is 5.85. The maximum Gasteiger partial charge on any atom is 0.249 e. The third-order valence-electron chi connectivity index (χ3n) is 7.40. The van der Waals surface area contributed by atoms with Crippen LogP contribution in [-0.4, -0.2) is 79.6 Å². The Bertz CT molecular complexity index is 805. The van der Waals surface area contributed by atoms with Crippen molar-refractivity contribution in [3.8, 4) is 0 Å². The van der Waals surface area contributed by atoms with Gasteiger partial charge in [0.05, 0.1) is 37.7 Å². The van der Waals surface area contributed by atoms with E-state index in [2.05, 4.69) is 23.2 Å². The second kappa shape index (κ2) is 11.6. The first kappa shape index (κ1) is 25.9. The van der Waals surface area contributed by atoms with Crippen molar-refractivity contribution in [3.63, 3.8) is 0 Å². The van der Waals surface area contributed by atoms with Crippen molar-refractivity contribution < 1.29 is 14.3 Å². The molecular formula is C25H43N5O3. The zero-order valence-corrected chi connectivity index (χ0v) is 21.1. The Morgan fingerprint density at radius 2 is 1.91 bits per heavy atom. The molecule has 0 bridgehead atoms. The van der Waals surface area contributed by atoms with Crippen LogP contribution < -0.4 is 5.73 Å². The summed E-state index contributed by atoms with van der Waals surface area (Å²) in [7, 11) is 5.65. The maximum absolute atomic E-state index is 12.9. The molecule has 0 radical (unpaired) electrons. The van der Waals surface area contributed by atoms with Crippen molar-refractivity contribution in [2.24, 2.45) is 11.1 Å². The summed E-state index contributed by atoms with van der Waals surface area (Å²) < 4.78 is 13.3. The summed E-state index contributed by atoms with van der Waals surface area (Å²) in [6.07, 6.45) is 4.97. The van der Waals surface area contributed by atoms with Gasteiger partial charge >= 0.3 is 0 Å². The largest absolute Gasteiger partial charge is 0.384 e. The highest BCUT2D eigenvalue weighted by molar-refractivity contribution is 5.92. The number of methoxy groups -OCH3 is 2. The third-order valence-corrected chi connectivity index (χ3v) is 7.40. The Hall–Kier alpha value is -1.74. The second-order valence-electron chi connectivity index (χ2n) is 9.88. The highest BCUT2D eigenvalue weighted by atomic mass is 16.5. The van der Waals surface area contributed by atoms with E-state index in [1.807, 2.05) is 11.8 Å². The second-order valence-corrected chi connectivity index (χ2v) is 9.88. The first-order valence-electron chi connectivity index (χ1n) is 12.3. The molecule has 2 heterocycles. The molecule has 8 nitrogen and oxygen atoms in total. The SMILES string of the molecule is C=C(CC)C(=O)N1CCn2nc(CN(C)CCN)c(C3CCC(COC)(COC)CC3)c2C1. The topological polar surface area (TPSA) is 85.9 Å². The summed E-state index contributed by atoms with van der Waals surface area (Å²) in [5.74, 6) is 0.502. The Morgan fingerprint density at radius 3 is 2.48 bits per heavy atom. The standard InChI is InChI=1S/C25H43N5O3/c1-6-19(2)24(31)29-13-14-30-22(16-29)23(21(27-30)15-28(3)12-11-26)20-7-9-25(10-8-20,17-32-4)18-33-5/h20H,2,6-18,26H2,1,3-5H3. The molecule has 2 N–H and O–H groups in total. The molecule has 1 fully saturated rings. The van der Waals surface area contributed by atoms with Gasteiger partial charge in [-0.1, -0.05) is 13.5 Å². The molecule has 1 aliphatic carbocycles. The zero-order chi connectivity index (χ0) is 24.0. The highest BCUT2D eigenvalue weighted by Gasteiger charge is 2.39. The van der Waals surface area contributed by atoms with E-state index in [1.165, 1.54) is 11.3 Å². The van der Waals surface area contributed by atoms with Gasteiger partial charge in [0.1, 0.15) is 0 Å². The van der Waals surface area contributed by atoms with Gasteiger partial charge in [-0.05, 0) is 45.1 Å². The normalized spacial score (nSPS) is 18.5. The van der Waals surface area contributed by atoms with E-state index in [-0.39, 0.29) is 11.3 Å². The molecule has 1 aromatic rings. The minimum atomic E-state index is 0.0700. The molecule has 2 aliphatic rings. The number of ether oxygens (including phenoxy) is 2. The van der Waals surface area contributed by atoms with Gasteiger partial charge in [-0.2, -0.15) is 5.10 Å². The average molecular weight is 462 g/mol. The lowest BCUT2D eigenvalue weighted by atomic mass is 9.69. The van der Waals surface area contributed by atoms with E-state index in [1.54, 1.807) is 14.2 Å². The molecule has 1 amide bonds. The van der Waals surface area contributed by atoms with Crippen molar-refractivity contribution in [3.05, 3.63) is 29.1 Å². The van der Waals surface area contributed by atoms with E-state index in [4.69, 9.17) is 20.3 Å². The van der Waals surface area contributed by atoms with E-state index in [0.29, 0.717) is 37.5 Å². The molecule has 3 rings (SSSR count). The first-order valence-corrected chi connectivity index (χ1v) is 12.3. The Kier molecular flexibility index (Phi) is 9.09. The van der Waals surface area contributed by atoms with Crippen LogP contribution in [0.1, 0.15) is 61.9 Å². The van der Waals surface area contributed by atoms with Gasteiger partial charge in [0.25, 0.3) is 0 Å². The van der Waals surface area contributed by atoms with Gasteiger partial charge in [0, 0.05) is 57.0 Å². The van der Waals surface area contributed by atoms with E-state index < -0.39 is 0 Å². The summed E-state index contributed by atoms with van der Waals surface area (Å²) >= 11 is 0. The van der Waals surface area contributed by atoms with Crippen LogP contribution in [0, 0.1) is 5.41 Å². The number of nitrogens with two attached hydrogens (primary N) is 1. The monoisotopic (exact) mass is 461 g/mol. The van der Waals surface area contributed by atoms with Crippen LogP contribution in [0.3, 0.4) is 0 Å². The van der Waals surface area contributed by atoms with Crippen molar-refractivity contribution in [2.45, 2.75) is 64.6 Å². The van der Waals surface area contributed by atoms with Crippen LogP contribution in [0.2, 0.25) is 0 Å². The van der Waals surface area contributed by atoms with Crippen LogP contribution in [0.5, 0.6) is 0 Å². The molecule has 1 saturated carbocycles. The highest BCUT2D eigenvalue weighted by Crippen LogP contribution is 2.45. The van der Waals surface area contributed by atoms with E-state index >= 15 is 0 Å². The van der Waals surface area contributed by atoms with Gasteiger partial charge in [-0.3, -0.25) is 14.4 Å². The predicted molar refractivity (Wildman–Crippen MR) is 130 cm³/mol. The molecular weight excluding hydrogens is 418 g/mol. The summed E-state index contributed by atoms with van der Waals surface area (Å²) in [6.45, 7) is 11.7. The molecule has 1 aromatic heterocycles. The summed E-state index contributed by atoms with van der Waals surface area (Å²) in [5.41, 5.74) is 10.2. The molecule has 0 saturated heterocycles. The molecule has 0 atom stereocenters. The van der Waals surface area contributed by atoms with Crippen molar-refractivity contribution in [1.29, 1.82) is 0 Å². The smallest absolute Gasteiger partial charge is 0.249 e. The minimum Gasteiger partial charge on any atom is -0.384 e. The fourth-order valence-electron chi connectivity index (χ4n) is 5.55. The van der Waals surface area contributed by atoms with Gasteiger partial charge in [-0.15, -0.1) is 0 Å². The molecule has 8 heteroatoms. The van der Waals surface area contributed by atoms with Crippen LogP contribution in [-0.2, 0) is 33.9 Å². The number of carbonyl (C=O) groups excluding carboxylic acids is 1. The van der Waals surface area contributed by atoms with Crippen LogP contribution in [0.15, 0.2) is 12.2 Å². The van der Waals surface area contributed by atoms with E-state index in [9.17, 15) is 4.79 Å². The van der Waals surface area contributed by atoms with Gasteiger partial charge in [-0.25, -0.2) is 0 Å². The number of hydrogen-bond acceptors (Lipinski definition) is 6. The fourth-order valence-corrected chi connectivity index (χ4v) is 5.55. The van der Waals surface area contributed by atoms with Crippen molar-refractivity contribution >= 4 is 5.91 Å². The number of likely N-dealkylation sites (N-methyl/N-ethyl adjacent to an activating group) is 1. The minimum absolute atomic E-state index is 0.0700. The summed E-state index contributed by atoms with van der Waals surface area (Å²) in [5, 5.41) is 5.04. The number of aromatic nitrogens is 2. The lowest BCUT2D eigenvalue weighted by Crippen LogP contribution is -2.39. The molecule has 0 aromatic carbocycles. The van der Waals surface area contributed by atoms with Crippen LogP contribution in [0.25, 0.3) is 0 Å². The van der Waals surface area contributed by atoms with Gasteiger partial charge in [0.15, 0.2) is 0 Å². The number of amides is 1. The lowest BCUT2D eigenvalue weighted by molar-refractivity contribution is -0.128. The Morgan fingerprint density at radius 1 is 1.24 bits per heavy atom. The maximum atomic E-state index is 12.9. The summed E-state index contributed by atoms with van der Waals surface area (Å²) in [6, 6.07) is 0. The van der Waals surface area contributed by atoms with Crippen molar-refractivity contribution in [2.75, 3.05) is 54.1 Å². The molecule has 33 heavy (non-hydrogen) atoms. The van der Waals surface area contributed by atoms with Gasteiger partial charge in [0.2, 0.25) is 5.91 Å². The molecule has 1 aliphatic heterocycles. The number of rotatable bonds is 11. The number of carbonyl (C=O) groups is 1. The number of hydrogen-bond donors (Lipinski definition) is 1. The fraction of sp³-hybridized carbons (Fsp3) is 0.760. The van der Waals surface area contributed by atoms with Crippen molar-refractivity contribution in [1.82, 2.24) is 19.6 Å². The van der Waals surface area contributed by atoms with E-state index in [0.717, 1.165) is 64.2 Å². The Labute approximate surface area is 199 Å². The quantitative estimate of drug-likeness (QED) is 0.510. The average Bonchev–Trinajstić information content (AvgIpc) is 3.16.